The molecule has 0 fully saturated rings. The van der Waals surface area contributed by atoms with Crippen LogP contribution in [0.15, 0.2) is 18.3 Å². The van der Waals surface area contributed by atoms with Crippen LogP contribution in [0.2, 0.25) is 0 Å². The Morgan fingerprint density at radius 3 is 3.05 bits per heavy atom. The van der Waals surface area contributed by atoms with Crippen molar-refractivity contribution >= 4 is 16.6 Å². The molecule has 1 unspecified atom stereocenters. The summed E-state index contributed by atoms with van der Waals surface area (Å²) in [7, 11) is 1.98. The number of ether oxygens (including phenoxy) is 1. The summed E-state index contributed by atoms with van der Waals surface area (Å²) in [5.41, 5.74) is 7.89. The highest BCUT2D eigenvalue weighted by atomic mass is 16.5. The third-order valence-electron chi connectivity index (χ3n) is 3.74. The van der Waals surface area contributed by atoms with Gasteiger partial charge in [-0.1, -0.05) is 0 Å². The second-order valence-electron chi connectivity index (χ2n) is 5.41. The molecule has 2 aromatic rings. The molecule has 3 rings (SSSR count). The zero-order valence-corrected chi connectivity index (χ0v) is 11.8. The lowest BCUT2D eigenvalue weighted by Crippen LogP contribution is -2.43. The molecule has 0 spiro atoms. The Morgan fingerprint density at radius 2 is 2.35 bits per heavy atom. The first-order valence-corrected chi connectivity index (χ1v) is 6.82. The molecule has 0 saturated carbocycles. The Balaban J connectivity index is 2.17. The van der Waals surface area contributed by atoms with Gasteiger partial charge in [-0.25, -0.2) is 0 Å². The van der Waals surface area contributed by atoms with Crippen molar-refractivity contribution in [3.8, 4) is 5.75 Å². The number of aliphatic hydroxyl groups excluding tert-OH is 1. The van der Waals surface area contributed by atoms with Crippen molar-refractivity contribution in [2.45, 2.75) is 25.6 Å². The molecule has 6 heteroatoms. The van der Waals surface area contributed by atoms with E-state index in [-0.39, 0.29) is 18.7 Å². The Hall–Kier alpha value is -1.79. The van der Waals surface area contributed by atoms with Crippen LogP contribution in [0.4, 0.5) is 5.69 Å². The molecule has 1 aromatic carbocycles. The average molecular weight is 276 g/mol. The number of hydrogen-bond acceptors (Lipinski definition) is 5. The molecule has 6 nitrogen and oxygen atoms in total. The predicted octanol–water partition coefficient (Wildman–Crippen LogP) is 0.573. The van der Waals surface area contributed by atoms with Gasteiger partial charge in [-0.3, -0.25) is 4.68 Å². The molecule has 2 heterocycles. The van der Waals surface area contributed by atoms with E-state index in [1.54, 1.807) is 0 Å². The lowest BCUT2D eigenvalue weighted by molar-refractivity contribution is 0.191. The van der Waals surface area contributed by atoms with Crippen molar-refractivity contribution in [3.63, 3.8) is 0 Å². The van der Waals surface area contributed by atoms with Crippen LogP contribution in [0.5, 0.6) is 5.75 Å². The summed E-state index contributed by atoms with van der Waals surface area (Å²) in [6.45, 7) is 3.16. The van der Waals surface area contributed by atoms with E-state index in [2.05, 4.69) is 10.00 Å². The number of likely N-dealkylation sites (N-methyl/N-ethyl adjacent to an activating group) is 1. The van der Waals surface area contributed by atoms with Crippen molar-refractivity contribution in [2.24, 2.45) is 5.73 Å². The monoisotopic (exact) mass is 276 g/mol. The van der Waals surface area contributed by atoms with Crippen LogP contribution < -0.4 is 15.4 Å². The standard InChI is InChI=1S/C14H20N4O2/c1-9(15)6-18-13-10(5-16-18)3-4-12-14(13)17(2)11(7-19)8-20-12/h3-5,9,11,19H,6-8,15H2,1-2H3/t9-,11?/m0/s1. The van der Waals surface area contributed by atoms with Crippen molar-refractivity contribution in [2.75, 3.05) is 25.2 Å². The molecule has 0 radical (unpaired) electrons. The van der Waals surface area contributed by atoms with Gasteiger partial charge in [0, 0.05) is 18.5 Å². The van der Waals surface area contributed by atoms with Crippen molar-refractivity contribution in [1.29, 1.82) is 0 Å². The summed E-state index contributed by atoms with van der Waals surface area (Å²) in [6.07, 6.45) is 1.84. The summed E-state index contributed by atoms with van der Waals surface area (Å²) >= 11 is 0. The summed E-state index contributed by atoms with van der Waals surface area (Å²) in [4.78, 5) is 2.07. The van der Waals surface area contributed by atoms with E-state index in [9.17, 15) is 5.11 Å². The Kier molecular flexibility index (Phi) is 3.27. The lowest BCUT2D eigenvalue weighted by Gasteiger charge is -2.35. The van der Waals surface area contributed by atoms with Crippen LogP contribution in [-0.2, 0) is 6.54 Å². The van der Waals surface area contributed by atoms with Crippen LogP contribution in [0.1, 0.15) is 6.92 Å². The molecular weight excluding hydrogens is 256 g/mol. The van der Waals surface area contributed by atoms with E-state index >= 15 is 0 Å². The quantitative estimate of drug-likeness (QED) is 0.857. The number of benzene rings is 1. The van der Waals surface area contributed by atoms with E-state index in [0.29, 0.717) is 13.2 Å². The molecule has 0 saturated heterocycles. The maximum absolute atomic E-state index is 9.46. The summed E-state index contributed by atoms with van der Waals surface area (Å²) in [5.74, 6) is 0.830. The molecule has 0 bridgehead atoms. The largest absolute Gasteiger partial charge is 0.489 e. The maximum atomic E-state index is 9.46. The molecule has 1 aliphatic rings. The molecule has 108 valence electrons. The predicted molar refractivity (Wildman–Crippen MR) is 78.2 cm³/mol. The maximum Gasteiger partial charge on any atom is 0.144 e. The van der Waals surface area contributed by atoms with E-state index in [1.165, 1.54) is 0 Å². The topological polar surface area (TPSA) is 76.5 Å². The minimum absolute atomic E-state index is 0.0254. The first kappa shape index (κ1) is 13.2. The molecule has 3 N–H and O–H groups in total. The van der Waals surface area contributed by atoms with E-state index in [0.717, 1.165) is 22.3 Å². The molecule has 2 atom stereocenters. The van der Waals surface area contributed by atoms with E-state index < -0.39 is 0 Å². The van der Waals surface area contributed by atoms with Gasteiger partial charge < -0.3 is 20.5 Å². The molecule has 0 aliphatic carbocycles. The van der Waals surface area contributed by atoms with E-state index in [4.69, 9.17) is 10.5 Å². The highest BCUT2D eigenvalue weighted by Crippen LogP contribution is 2.39. The number of nitrogens with zero attached hydrogens (tertiary/aromatic N) is 3. The number of aliphatic hydroxyl groups is 1. The van der Waals surface area contributed by atoms with Crippen LogP contribution in [0, 0.1) is 0 Å². The van der Waals surface area contributed by atoms with Crippen LogP contribution in [-0.4, -0.2) is 47.2 Å². The fraction of sp³-hybridized carbons (Fsp3) is 0.500. The first-order valence-electron chi connectivity index (χ1n) is 6.82. The highest BCUT2D eigenvalue weighted by Gasteiger charge is 2.27. The van der Waals surface area contributed by atoms with E-state index in [1.807, 2.05) is 37.0 Å². The zero-order chi connectivity index (χ0) is 14.3. The number of hydrogen-bond donors (Lipinski definition) is 2. The van der Waals surface area contributed by atoms with Gasteiger partial charge in [0.15, 0.2) is 0 Å². The van der Waals surface area contributed by atoms with Gasteiger partial charge >= 0.3 is 0 Å². The molecular formula is C14H20N4O2. The van der Waals surface area contributed by atoms with Crippen molar-refractivity contribution in [1.82, 2.24) is 9.78 Å². The van der Waals surface area contributed by atoms with Crippen LogP contribution >= 0.6 is 0 Å². The highest BCUT2D eigenvalue weighted by molar-refractivity contribution is 5.95. The third-order valence-corrected chi connectivity index (χ3v) is 3.74. The van der Waals surface area contributed by atoms with Gasteiger partial charge in [-0.2, -0.15) is 5.10 Å². The summed E-state index contributed by atoms with van der Waals surface area (Å²) < 4.78 is 7.68. The van der Waals surface area contributed by atoms with Crippen LogP contribution in [0.3, 0.4) is 0 Å². The SMILES string of the molecule is C[C@H](N)Cn1ncc2ccc3c(c21)N(C)C(CO)CO3. The minimum Gasteiger partial charge on any atom is -0.489 e. The smallest absolute Gasteiger partial charge is 0.144 e. The van der Waals surface area contributed by atoms with Gasteiger partial charge in [0.05, 0.1) is 30.9 Å². The number of rotatable bonds is 3. The second kappa shape index (κ2) is 4.96. The second-order valence-corrected chi connectivity index (χ2v) is 5.41. The van der Waals surface area contributed by atoms with Crippen LogP contribution in [0.25, 0.3) is 10.9 Å². The molecule has 1 aliphatic heterocycles. The summed E-state index contributed by atoms with van der Waals surface area (Å²) in [5, 5.41) is 14.9. The molecule has 0 amide bonds. The summed E-state index contributed by atoms with van der Waals surface area (Å²) in [6, 6.07) is 3.95. The number of nitrogens with two attached hydrogens (primary N) is 1. The zero-order valence-electron chi connectivity index (χ0n) is 11.8. The third kappa shape index (κ3) is 2.01. The van der Waals surface area contributed by atoms with Crippen molar-refractivity contribution in [3.05, 3.63) is 18.3 Å². The van der Waals surface area contributed by atoms with Gasteiger partial charge in [0.2, 0.25) is 0 Å². The Morgan fingerprint density at radius 1 is 1.55 bits per heavy atom. The van der Waals surface area contributed by atoms with Gasteiger partial charge in [-0.05, 0) is 19.1 Å². The Labute approximate surface area is 117 Å². The van der Waals surface area contributed by atoms with Gasteiger partial charge in [0.25, 0.3) is 0 Å². The fourth-order valence-electron chi connectivity index (χ4n) is 2.67. The minimum atomic E-state index is -0.0354. The number of aromatic nitrogens is 2. The van der Waals surface area contributed by atoms with Gasteiger partial charge in [0.1, 0.15) is 18.0 Å². The average Bonchev–Trinajstić information content (AvgIpc) is 2.81. The fourth-order valence-corrected chi connectivity index (χ4v) is 2.67. The normalized spacial score (nSPS) is 19.8. The lowest BCUT2D eigenvalue weighted by atomic mass is 10.1. The first-order chi connectivity index (χ1) is 9.61. The van der Waals surface area contributed by atoms with Crippen molar-refractivity contribution < 1.29 is 9.84 Å². The Bertz CT molecular complexity index is 623. The molecule has 20 heavy (non-hydrogen) atoms. The molecule has 1 aromatic heterocycles. The number of fused-ring (bicyclic) bond motifs is 3. The number of anilines is 1. The van der Waals surface area contributed by atoms with Gasteiger partial charge in [-0.15, -0.1) is 0 Å².